The van der Waals surface area contributed by atoms with Crippen molar-refractivity contribution in [3.05, 3.63) is 46.9 Å². The number of H-pyrrole nitrogens is 1. The summed E-state index contributed by atoms with van der Waals surface area (Å²) in [4.78, 5) is 18.9. The lowest BCUT2D eigenvalue weighted by Gasteiger charge is -2.15. The quantitative estimate of drug-likeness (QED) is 0.841. The zero-order valence-electron chi connectivity index (χ0n) is 11.0. The van der Waals surface area contributed by atoms with Crippen molar-refractivity contribution in [2.24, 2.45) is 0 Å². The Morgan fingerprint density at radius 3 is 2.63 bits per heavy atom. The number of hydrogen-bond acceptors (Lipinski definition) is 2. The van der Waals surface area contributed by atoms with Crippen LogP contribution in [0.2, 0.25) is 0 Å². The molecule has 4 heteroatoms. The SMILES string of the molecule is O=c1cc(-n2ccnc2)cc(C2CCCCCC2)[nH]1. The van der Waals surface area contributed by atoms with Crippen LogP contribution in [0.3, 0.4) is 0 Å². The first-order valence-electron chi connectivity index (χ1n) is 7.05. The van der Waals surface area contributed by atoms with Crippen molar-refractivity contribution in [2.45, 2.75) is 44.4 Å². The highest BCUT2D eigenvalue weighted by Gasteiger charge is 2.16. The van der Waals surface area contributed by atoms with E-state index in [0.717, 1.165) is 11.4 Å². The monoisotopic (exact) mass is 257 g/mol. The molecule has 0 atom stereocenters. The van der Waals surface area contributed by atoms with E-state index in [0.29, 0.717) is 5.92 Å². The Hall–Kier alpha value is -1.84. The molecular formula is C15H19N3O. The van der Waals surface area contributed by atoms with Gasteiger partial charge in [0.15, 0.2) is 0 Å². The van der Waals surface area contributed by atoms with Gasteiger partial charge >= 0.3 is 0 Å². The minimum atomic E-state index is -0.0227. The van der Waals surface area contributed by atoms with Crippen LogP contribution in [-0.4, -0.2) is 14.5 Å². The number of rotatable bonds is 2. The largest absolute Gasteiger partial charge is 0.326 e. The number of imidazole rings is 1. The summed E-state index contributed by atoms with van der Waals surface area (Å²) >= 11 is 0. The Morgan fingerprint density at radius 1 is 1.16 bits per heavy atom. The summed E-state index contributed by atoms with van der Waals surface area (Å²) in [5.41, 5.74) is 1.96. The number of aromatic amines is 1. The Balaban J connectivity index is 1.95. The fraction of sp³-hybridized carbons (Fsp3) is 0.467. The molecule has 0 saturated heterocycles. The van der Waals surface area contributed by atoms with Crippen LogP contribution >= 0.6 is 0 Å². The lowest BCUT2D eigenvalue weighted by atomic mass is 9.96. The molecule has 2 aromatic heterocycles. The molecule has 0 bridgehead atoms. The Bertz CT molecular complexity index is 578. The fourth-order valence-corrected chi connectivity index (χ4v) is 2.92. The Labute approximate surface area is 112 Å². The minimum absolute atomic E-state index is 0.0227. The molecular weight excluding hydrogens is 238 g/mol. The third-order valence-electron chi connectivity index (χ3n) is 3.95. The van der Waals surface area contributed by atoms with Crippen molar-refractivity contribution in [3.8, 4) is 5.69 Å². The van der Waals surface area contributed by atoms with Crippen molar-refractivity contribution < 1.29 is 0 Å². The van der Waals surface area contributed by atoms with Gasteiger partial charge in [-0.05, 0) is 24.8 Å². The van der Waals surface area contributed by atoms with Crippen molar-refractivity contribution >= 4 is 0 Å². The topological polar surface area (TPSA) is 50.7 Å². The van der Waals surface area contributed by atoms with E-state index in [1.165, 1.54) is 38.5 Å². The highest BCUT2D eigenvalue weighted by Crippen LogP contribution is 2.30. The molecule has 1 aliphatic carbocycles. The summed E-state index contributed by atoms with van der Waals surface area (Å²) in [7, 11) is 0. The van der Waals surface area contributed by atoms with Gasteiger partial charge in [0, 0.05) is 24.2 Å². The first kappa shape index (κ1) is 12.2. The fourth-order valence-electron chi connectivity index (χ4n) is 2.92. The van der Waals surface area contributed by atoms with Crippen LogP contribution in [0.15, 0.2) is 35.6 Å². The third kappa shape index (κ3) is 2.78. The van der Waals surface area contributed by atoms with E-state index in [4.69, 9.17) is 0 Å². The molecule has 0 aromatic carbocycles. The van der Waals surface area contributed by atoms with Crippen molar-refractivity contribution in [2.75, 3.05) is 0 Å². The summed E-state index contributed by atoms with van der Waals surface area (Å²) < 4.78 is 1.88. The second kappa shape index (κ2) is 5.43. The Morgan fingerprint density at radius 2 is 1.95 bits per heavy atom. The van der Waals surface area contributed by atoms with Crippen LogP contribution in [0.25, 0.3) is 5.69 Å². The average molecular weight is 257 g/mol. The number of hydrogen-bond donors (Lipinski definition) is 1. The predicted molar refractivity (Wildman–Crippen MR) is 74.6 cm³/mol. The van der Waals surface area contributed by atoms with Crippen LogP contribution in [0, 0.1) is 0 Å². The van der Waals surface area contributed by atoms with Crippen LogP contribution < -0.4 is 5.56 Å². The standard InChI is InChI=1S/C15H19N3O/c19-15-10-13(18-8-7-16-11-18)9-14(17-15)12-5-3-1-2-4-6-12/h7-12H,1-6H2,(H,17,19). The maximum Gasteiger partial charge on any atom is 0.250 e. The maximum atomic E-state index is 11.8. The van der Waals surface area contributed by atoms with Gasteiger partial charge in [-0.3, -0.25) is 4.79 Å². The maximum absolute atomic E-state index is 11.8. The molecule has 0 amide bonds. The molecule has 1 N–H and O–H groups in total. The highest BCUT2D eigenvalue weighted by atomic mass is 16.1. The molecule has 2 aromatic rings. The Kier molecular flexibility index (Phi) is 3.49. The molecule has 0 aliphatic heterocycles. The van der Waals surface area contributed by atoms with Gasteiger partial charge in [0.2, 0.25) is 5.56 Å². The molecule has 1 saturated carbocycles. The predicted octanol–water partition coefficient (Wildman–Crippen LogP) is 3.00. The lowest BCUT2D eigenvalue weighted by Crippen LogP contribution is -2.13. The van der Waals surface area contributed by atoms with Crippen LogP contribution in [0.5, 0.6) is 0 Å². The summed E-state index contributed by atoms with van der Waals surface area (Å²) in [5, 5.41) is 0. The number of nitrogens with one attached hydrogen (secondary N) is 1. The third-order valence-corrected chi connectivity index (χ3v) is 3.95. The molecule has 100 valence electrons. The first-order chi connectivity index (χ1) is 9.33. The molecule has 19 heavy (non-hydrogen) atoms. The molecule has 2 heterocycles. The van der Waals surface area contributed by atoms with Gasteiger partial charge in [0.05, 0.1) is 12.0 Å². The van der Waals surface area contributed by atoms with Gasteiger partial charge in [-0.25, -0.2) is 4.98 Å². The van der Waals surface area contributed by atoms with E-state index >= 15 is 0 Å². The zero-order chi connectivity index (χ0) is 13.1. The van der Waals surface area contributed by atoms with E-state index in [2.05, 4.69) is 16.0 Å². The number of aromatic nitrogens is 3. The number of pyridine rings is 1. The van der Waals surface area contributed by atoms with Crippen LogP contribution in [0.4, 0.5) is 0 Å². The van der Waals surface area contributed by atoms with E-state index < -0.39 is 0 Å². The highest BCUT2D eigenvalue weighted by molar-refractivity contribution is 5.33. The summed E-state index contributed by atoms with van der Waals surface area (Å²) in [6, 6.07) is 3.72. The molecule has 0 spiro atoms. The molecule has 1 aliphatic rings. The molecule has 3 rings (SSSR count). The van der Waals surface area contributed by atoms with Crippen LogP contribution in [0.1, 0.15) is 50.1 Å². The van der Waals surface area contributed by atoms with E-state index in [-0.39, 0.29) is 5.56 Å². The van der Waals surface area contributed by atoms with E-state index in [1.54, 1.807) is 18.6 Å². The zero-order valence-corrected chi connectivity index (χ0v) is 11.0. The van der Waals surface area contributed by atoms with Gasteiger partial charge in [0.25, 0.3) is 0 Å². The van der Waals surface area contributed by atoms with Gasteiger partial charge in [-0.2, -0.15) is 0 Å². The molecule has 4 nitrogen and oxygen atoms in total. The summed E-state index contributed by atoms with van der Waals surface area (Å²) in [6.07, 6.45) is 12.9. The van der Waals surface area contributed by atoms with Gasteiger partial charge in [-0.15, -0.1) is 0 Å². The molecule has 1 fully saturated rings. The van der Waals surface area contributed by atoms with E-state index in [9.17, 15) is 4.79 Å². The minimum Gasteiger partial charge on any atom is -0.326 e. The smallest absolute Gasteiger partial charge is 0.250 e. The van der Waals surface area contributed by atoms with Crippen molar-refractivity contribution in [1.82, 2.24) is 14.5 Å². The van der Waals surface area contributed by atoms with E-state index in [1.807, 2.05) is 10.8 Å². The lowest BCUT2D eigenvalue weighted by molar-refractivity contribution is 0.576. The van der Waals surface area contributed by atoms with Crippen molar-refractivity contribution in [3.63, 3.8) is 0 Å². The molecule has 0 radical (unpaired) electrons. The van der Waals surface area contributed by atoms with Gasteiger partial charge in [-0.1, -0.05) is 25.7 Å². The normalized spacial score (nSPS) is 17.3. The first-order valence-corrected chi connectivity index (χ1v) is 7.05. The average Bonchev–Trinajstić information content (AvgIpc) is 2.81. The van der Waals surface area contributed by atoms with Crippen LogP contribution in [-0.2, 0) is 0 Å². The summed E-state index contributed by atoms with van der Waals surface area (Å²) in [5.74, 6) is 0.499. The molecule has 0 unspecified atom stereocenters. The summed E-state index contributed by atoms with van der Waals surface area (Å²) in [6.45, 7) is 0. The number of nitrogens with zero attached hydrogens (tertiary/aromatic N) is 2. The van der Waals surface area contributed by atoms with Gasteiger partial charge in [0.1, 0.15) is 0 Å². The van der Waals surface area contributed by atoms with Gasteiger partial charge < -0.3 is 9.55 Å². The second-order valence-electron chi connectivity index (χ2n) is 5.32. The second-order valence-corrected chi connectivity index (χ2v) is 5.32. The van der Waals surface area contributed by atoms with Crippen molar-refractivity contribution in [1.29, 1.82) is 0 Å².